The van der Waals surface area contributed by atoms with Crippen molar-refractivity contribution in [3.05, 3.63) is 47.4 Å². The van der Waals surface area contributed by atoms with Gasteiger partial charge in [0.1, 0.15) is 17.0 Å². The van der Waals surface area contributed by atoms with E-state index in [2.05, 4.69) is 10.1 Å². The average molecular weight is 501 g/mol. The minimum Gasteiger partial charge on any atom is -0.465 e. The number of esters is 1. The van der Waals surface area contributed by atoms with Crippen molar-refractivity contribution in [2.45, 2.75) is 59.7 Å². The first-order valence-electron chi connectivity index (χ1n) is 11.1. The number of halogens is 1. The summed E-state index contributed by atoms with van der Waals surface area (Å²) in [6.45, 7) is 11.5. The third-order valence-corrected chi connectivity index (χ3v) is 4.73. The van der Waals surface area contributed by atoms with Crippen molar-refractivity contribution >= 4 is 29.8 Å². The molecular weight excluding hydrogens is 471 g/mol. The molecule has 10 nitrogen and oxygen atoms in total. The van der Waals surface area contributed by atoms with E-state index < -0.39 is 35.2 Å². The van der Waals surface area contributed by atoms with E-state index in [4.69, 9.17) is 14.2 Å². The van der Waals surface area contributed by atoms with E-state index in [-0.39, 0.29) is 22.7 Å². The van der Waals surface area contributed by atoms with Crippen molar-refractivity contribution in [3.8, 4) is 11.1 Å². The second-order valence-electron chi connectivity index (χ2n) is 10.0. The molecule has 2 heterocycles. The van der Waals surface area contributed by atoms with Crippen molar-refractivity contribution in [2.75, 3.05) is 12.0 Å². The van der Waals surface area contributed by atoms with Crippen LogP contribution in [0.2, 0.25) is 0 Å². The predicted molar refractivity (Wildman–Crippen MR) is 129 cm³/mol. The molecule has 0 aliphatic heterocycles. The molecule has 1 aromatic carbocycles. The number of amides is 2. The standard InChI is InChI=1S/C25H29FN4O6/c1-14-9-10-16(19(26)18(14)20(31)34-8)15-11-12-29-17(13-15)27-21(28-29)30(22(32)35-24(2,3)4)23(33)36-25(5,6)7/h9-13H,1-8H3. The third-order valence-electron chi connectivity index (χ3n) is 4.73. The summed E-state index contributed by atoms with van der Waals surface area (Å²) in [6, 6.07) is 6.21. The molecule has 0 aliphatic rings. The number of nitrogens with zero attached hydrogens (tertiary/aromatic N) is 4. The van der Waals surface area contributed by atoms with Crippen molar-refractivity contribution in [3.63, 3.8) is 0 Å². The molecule has 0 radical (unpaired) electrons. The Morgan fingerprint density at radius 3 is 2.08 bits per heavy atom. The van der Waals surface area contributed by atoms with Gasteiger partial charge in [-0.1, -0.05) is 12.1 Å². The van der Waals surface area contributed by atoms with Gasteiger partial charge in [-0.2, -0.15) is 4.98 Å². The quantitative estimate of drug-likeness (QED) is 0.351. The lowest BCUT2D eigenvalue weighted by molar-refractivity contribution is 0.0426. The highest BCUT2D eigenvalue weighted by Gasteiger charge is 2.35. The topological polar surface area (TPSA) is 112 Å². The van der Waals surface area contributed by atoms with Crippen LogP contribution in [0.3, 0.4) is 0 Å². The fraction of sp³-hybridized carbons (Fsp3) is 0.400. The largest absolute Gasteiger partial charge is 0.465 e. The van der Waals surface area contributed by atoms with Crippen LogP contribution in [0, 0.1) is 12.7 Å². The van der Waals surface area contributed by atoms with Gasteiger partial charge in [-0.25, -0.2) is 23.3 Å². The molecule has 0 unspecified atom stereocenters. The fourth-order valence-electron chi connectivity index (χ4n) is 3.23. The smallest absolute Gasteiger partial charge is 0.427 e. The van der Waals surface area contributed by atoms with E-state index in [1.807, 2.05) is 0 Å². The molecule has 0 fully saturated rings. The summed E-state index contributed by atoms with van der Waals surface area (Å²) in [4.78, 5) is 42.7. The second-order valence-corrected chi connectivity index (χ2v) is 10.0. The molecule has 2 amide bonds. The maximum Gasteiger partial charge on any atom is 0.427 e. The Bertz CT molecular complexity index is 1310. The van der Waals surface area contributed by atoms with Gasteiger partial charge < -0.3 is 14.2 Å². The summed E-state index contributed by atoms with van der Waals surface area (Å²) >= 11 is 0. The Hall–Kier alpha value is -4.02. The predicted octanol–water partition coefficient (Wildman–Crippen LogP) is 5.31. The number of imide groups is 1. The second kappa shape index (κ2) is 9.56. The number of hydrogen-bond donors (Lipinski definition) is 0. The molecule has 0 atom stereocenters. The Kier molecular flexibility index (Phi) is 7.06. The first kappa shape index (κ1) is 26.6. The first-order valence-corrected chi connectivity index (χ1v) is 11.1. The van der Waals surface area contributed by atoms with Gasteiger partial charge in [0, 0.05) is 11.8 Å². The number of benzene rings is 1. The maximum atomic E-state index is 15.2. The van der Waals surface area contributed by atoms with Crippen LogP contribution in [-0.2, 0) is 14.2 Å². The molecule has 192 valence electrons. The lowest BCUT2D eigenvalue weighted by Gasteiger charge is -2.26. The molecular formula is C25H29FN4O6. The molecule has 0 saturated heterocycles. The number of pyridine rings is 1. The molecule has 3 aromatic rings. The number of rotatable bonds is 3. The van der Waals surface area contributed by atoms with Gasteiger partial charge in [0.2, 0.25) is 0 Å². The summed E-state index contributed by atoms with van der Waals surface area (Å²) < 4.78 is 32.0. The summed E-state index contributed by atoms with van der Waals surface area (Å²) in [5.41, 5.74) is -0.792. The molecule has 0 aliphatic carbocycles. The van der Waals surface area contributed by atoms with Gasteiger partial charge in [0.15, 0.2) is 5.65 Å². The number of fused-ring (bicyclic) bond motifs is 1. The minimum atomic E-state index is -1.01. The van der Waals surface area contributed by atoms with Crippen LogP contribution in [0.25, 0.3) is 16.8 Å². The number of carbonyl (C=O) groups excluding carboxylic acids is 3. The highest BCUT2D eigenvalue weighted by molar-refractivity contribution is 6.08. The SMILES string of the molecule is COC(=O)c1c(C)ccc(-c2ccn3nc(N(C(=O)OC(C)(C)C)C(=O)OC(C)(C)C)nc3c2)c1F. The Labute approximate surface area is 208 Å². The van der Waals surface area contributed by atoms with Crippen molar-refractivity contribution in [1.29, 1.82) is 0 Å². The van der Waals surface area contributed by atoms with Crippen molar-refractivity contribution in [1.82, 2.24) is 14.6 Å². The maximum absolute atomic E-state index is 15.2. The van der Waals surface area contributed by atoms with E-state index in [1.165, 1.54) is 30.0 Å². The highest BCUT2D eigenvalue weighted by atomic mass is 19.1. The van der Waals surface area contributed by atoms with Gasteiger partial charge in [0.05, 0.1) is 12.7 Å². The molecule has 0 bridgehead atoms. The lowest BCUT2D eigenvalue weighted by atomic mass is 9.99. The lowest BCUT2D eigenvalue weighted by Crippen LogP contribution is -2.44. The van der Waals surface area contributed by atoms with Gasteiger partial charge in [-0.05, 0) is 71.7 Å². The van der Waals surface area contributed by atoms with Crippen LogP contribution in [0.4, 0.5) is 19.9 Å². The number of carbonyl (C=O) groups is 3. The number of aromatic nitrogens is 3. The van der Waals surface area contributed by atoms with Crippen LogP contribution >= 0.6 is 0 Å². The zero-order valence-electron chi connectivity index (χ0n) is 21.5. The van der Waals surface area contributed by atoms with Gasteiger partial charge in [-0.15, -0.1) is 10.00 Å². The number of ether oxygens (including phenoxy) is 3. The summed E-state index contributed by atoms with van der Waals surface area (Å²) in [5.74, 6) is -1.81. The average Bonchev–Trinajstić information content (AvgIpc) is 3.13. The van der Waals surface area contributed by atoms with Crippen LogP contribution in [-0.4, -0.2) is 51.1 Å². The van der Waals surface area contributed by atoms with E-state index in [9.17, 15) is 14.4 Å². The normalized spacial score (nSPS) is 11.8. The fourth-order valence-corrected chi connectivity index (χ4v) is 3.23. The van der Waals surface area contributed by atoms with Gasteiger partial charge in [-0.3, -0.25) is 0 Å². The summed E-state index contributed by atoms with van der Waals surface area (Å²) in [7, 11) is 1.18. The summed E-state index contributed by atoms with van der Waals surface area (Å²) in [5, 5.41) is 4.21. The summed E-state index contributed by atoms with van der Waals surface area (Å²) in [6.07, 6.45) is -0.541. The first-order chi connectivity index (χ1) is 16.6. The molecule has 0 saturated carbocycles. The van der Waals surface area contributed by atoms with E-state index >= 15 is 4.39 Å². The minimum absolute atomic E-state index is 0.143. The van der Waals surface area contributed by atoms with E-state index in [1.54, 1.807) is 60.6 Å². The monoisotopic (exact) mass is 500 g/mol. The highest BCUT2D eigenvalue weighted by Crippen LogP contribution is 2.29. The third kappa shape index (κ3) is 5.78. The van der Waals surface area contributed by atoms with E-state index in [0.717, 1.165) is 0 Å². The van der Waals surface area contributed by atoms with Crippen molar-refractivity contribution in [2.24, 2.45) is 0 Å². The number of hydrogen-bond acceptors (Lipinski definition) is 8. The number of anilines is 1. The zero-order chi connectivity index (χ0) is 27.0. The Morgan fingerprint density at radius 2 is 1.56 bits per heavy atom. The van der Waals surface area contributed by atoms with Crippen molar-refractivity contribution < 1.29 is 33.0 Å². The molecule has 0 N–H and O–H groups in total. The van der Waals surface area contributed by atoms with E-state index in [0.29, 0.717) is 16.0 Å². The van der Waals surface area contributed by atoms with Crippen LogP contribution < -0.4 is 4.90 Å². The number of methoxy groups -OCH3 is 1. The number of aryl methyl sites for hydroxylation is 1. The van der Waals surface area contributed by atoms with Crippen LogP contribution in [0.15, 0.2) is 30.5 Å². The Balaban J connectivity index is 2.08. The van der Waals surface area contributed by atoms with Gasteiger partial charge in [0.25, 0.3) is 5.95 Å². The molecule has 36 heavy (non-hydrogen) atoms. The molecule has 0 spiro atoms. The molecule has 11 heteroatoms. The van der Waals surface area contributed by atoms with Crippen LogP contribution in [0.1, 0.15) is 57.5 Å². The van der Waals surface area contributed by atoms with Crippen LogP contribution in [0.5, 0.6) is 0 Å². The molecule has 3 rings (SSSR count). The van der Waals surface area contributed by atoms with Gasteiger partial charge >= 0.3 is 18.2 Å². The molecule has 2 aromatic heterocycles. The zero-order valence-corrected chi connectivity index (χ0v) is 21.5. The Morgan fingerprint density at radius 1 is 0.972 bits per heavy atom.